The maximum Gasteiger partial charge on any atom is 0.434 e. The lowest BCUT2D eigenvalue weighted by molar-refractivity contribution is -0.141. The molecule has 0 bridgehead atoms. The van der Waals surface area contributed by atoms with Crippen LogP contribution in [0.2, 0.25) is 25.7 Å². The Morgan fingerprint density at radius 1 is 1.19 bits per heavy atom. The Labute approximate surface area is 183 Å². The molecule has 3 rings (SSSR count). The highest BCUT2D eigenvalue weighted by molar-refractivity contribution is 6.76. The van der Waals surface area contributed by atoms with E-state index in [1.165, 1.54) is 4.57 Å². The number of aliphatic hydroxyl groups is 1. The molecule has 5 nitrogen and oxygen atoms in total. The van der Waals surface area contributed by atoms with Crippen LogP contribution >= 0.6 is 0 Å². The molecular formula is C22H34F3N3O2Si. The molecule has 0 amide bonds. The van der Waals surface area contributed by atoms with Crippen LogP contribution in [-0.2, 0) is 17.6 Å². The largest absolute Gasteiger partial charge is 0.434 e. The lowest BCUT2D eigenvalue weighted by Crippen LogP contribution is -2.28. The Morgan fingerprint density at radius 2 is 1.90 bits per heavy atom. The van der Waals surface area contributed by atoms with Gasteiger partial charge in [-0.15, -0.1) is 0 Å². The molecule has 174 valence electrons. The molecule has 0 radical (unpaired) electrons. The van der Waals surface area contributed by atoms with Gasteiger partial charge in [0.2, 0.25) is 0 Å². The van der Waals surface area contributed by atoms with E-state index in [0.29, 0.717) is 30.8 Å². The normalized spacial score (nSPS) is 22.7. The Balaban J connectivity index is 1.72. The highest BCUT2D eigenvalue weighted by atomic mass is 28.3. The number of hydrogen-bond acceptors (Lipinski definition) is 4. The molecule has 0 unspecified atom stereocenters. The average molecular weight is 458 g/mol. The van der Waals surface area contributed by atoms with Gasteiger partial charge in [0.25, 0.3) is 0 Å². The summed E-state index contributed by atoms with van der Waals surface area (Å²) in [5.74, 6) is 1.10. The van der Waals surface area contributed by atoms with E-state index in [4.69, 9.17) is 4.74 Å². The van der Waals surface area contributed by atoms with Crippen molar-refractivity contribution < 1.29 is 23.0 Å². The second-order valence-electron chi connectivity index (χ2n) is 9.83. The van der Waals surface area contributed by atoms with Gasteiger partial charge < -0.3 is 19.7 Å². The van der Waals surface area contributed by atoms with E-state index in [9.17, 15) is 18.3 Å². The summed E-state index contributed by atoms with van der Waals surface area (Å²) in [5, 5.41) is 12.7. The SMILES string of the molecule is C[Si](C)(C)CCOCn1cc(C(F)(F)F)nc1C1=CC=C([C@H]2CC[C@H](CO)CC2)NC1. The van der Waals surface area contributed by atoms with Gasteiger partial charge in [0.05, 0.1) is 0 Å². The van der Waals surface area contributed by atoms with Crippen LogP contribution < -0.4 is 5.32 Å². The maximum atomic E-state index is 13.3. The van der Waals surface area contributed by atoms with Crippen molar-refractivity contribution in [2.75, 3.05) is 19.8 Å². The molecule has 2 N–H and O–H groups in total. The van der Waals surface area contributed by atoms with Crippen molar-refractivity contribution in [3.63, 3.8) is 0 Å². The zero-order valence-electron chi connectivity index (χ0n) is 18.6. The van der Waals surface area contributed by atoms with Gasteiger partial charge in [-0.2, -0.15) is 13.2 Å². The van der Waals surface area contributed by atoms with Crippen molar-refractivity contribution >= 4 is 13.6 Å². The average Bonchev–Trinajstić information content (AvgIpc) is 3.15. The van der Waals surface area contributed by atoms with Crippen LogP contribution in [0.15, 0.2) is 24.0 Å². The molecule has 1 aliphatic heterocycles. The minimum atomic E-state index is -4.49. The van der Waals surface area contributed by atoms with Crippen LogP contribution in [0, 0.1) is 11.8 Å². The maximum absolute atomic E-state index is 13.3. The van der Waals surface area contributed by atoms with E-state index < -0.39 is 19.9 Å². The van der Waals surface area contributed by atoms with Gasteiger partial charge in [-0.05, 0) is 49.6 Å². The minimum Gasteiger partial charge on any atom is -0.396 e. The highest BCUT2D eigenvalue weighted by Crippen LogP contribution is 2.34. The molecule has 0 saturated heterocycles. The number of alkyl halides is 3. The number of ether oxygens (including phenoxy) is 1. The topological polar surface area (TPSA) is 59.3 Å². The number of nitrogens with one attached hydrogen (secondary N) is 1. The molecule has 1 aromatic heterocycles. The molecule has 1 fully saturated rings. The zero-order chi connectivity index (χ0) is 22.6. The minimum absolute atomic E-state index is 0.0575. The Morgan fingerprint density at radius 3 is 2.45 bits per heavy atom. The number of halogens is 3. The first kappa shape index (κ1) is 24.1. The van der Waals surface area contributed by atoms with Gasteiger partial charge >= 0.3 is 6.18 Å². The molecule has 2 aliphatic rings. The number of rotatable bonds is 8. The summed E-state index contributed by atoms with van der Waals surface area (Å²) >= 11 is 0. The van der Waals surface area contributed by atoms with Crippen LogP contribution in [-0.4, -0.2) is 42.5 Å². The second-order valence-corrected chi connectivity index (χ2v) is 15.5. The smallest absolute Gasteiger partial charge is 0.396 e. The van der Waals surface area contributed by atoms with E-state index in [-0.39, 0.29) is 13.3 Å². The number of allylic oxidation sites excluding steroid dienone is 3. The first-order chi connectivity index (χ1) is 14.6. The van der Waals surface area contributed by atoms with Crippen molar-refractivity contribution in [2.24, 2.45) is 11.8 Å². The number of aromatic nitrogens is 2. The predicted molar refractivity (Wildman–Crippen MR) is 118 cm³/mol. The standard InChI is InChI=1S/C22H34F3N3O2Si/c1-31(2,3)11-10-30-15-28-13-20(22(23,24)25)27-21(28)18-8-9-19(26-12-18)17-6-4-16(14-29)5-7-17/h8-9,13,16-17,26,29H,4-7,10-12,14-15H2,1-3H3/t16-,17-. The van der Waals surface area contributed by atoms with Crippen LogP contribution in [0.4, 0.5) is 13.2 Å². The molecule has 2 heterocycles. The zero-order valence-corrected chi connectivity index (χ0v) is 19.6. The third-order valence-corrected chi connectivity index (χ3v) is 7.78. The van der Waals surface area contributed by atoms with E-state index in [2.05, 4.69) is 29.9 Å². The molecule has 1 aromatic rings. The fourth-order valence-electron chi connectivity index (χ4n) is 4.04. The highest BCUT2D eigenvalue weighted by Gasteiger charge is 2.35. The third-order valence-electron chi connectivity index (χ3n) is 6.07. The first-order valence-electron chi connectivity index (χ1n) is 11.0. The number of dihydropyridines is 1. The first-order valence-corrected chi connectivity index (χ1v) is 14.8. The van der Waals surface area contributed by atoms with Gasteiger partial charge in [0.15, 0.2) is 5.69 Å². The molecular weight excluding hydrogens is 423 g/mol. The number of aliphatic hydroxyl groups excluding tert-OH is 1. The summed E-state index contributed by atoms with van der Waals surface area (Å²) in [4.78, 5) is 3.89. The molecule has 0 spiro atoms. The summed E-state index contributed by atoms with van der Waals surface area (Å²) in [5.41, 5.74) is 0.951. The fraction of sp³-hybridized carbons (Fsp3) is 0.682. The van der Waals surface area contributed by atoms with Gasteiger partial charge in [-0.25, -0.2) is 4.98 Å². The van der Waals surface area contributed by atoms with Crippen molar-refractivity contribution in [1.82, 2.24) is 14.9 Å². The van der Waals surface area contributed by atoms with Gasteiger partial charge in [-0.3, -0.25) is 0 Å². The number of imidazole rings is 1. The fourth-order valence-corrected chi connectivity index (χ4v) is 4.80. The molecule has 0 atom stereocenters. The summed E-state index contributed by atoms with van der Waals surface area (Å²) < 4.78 is 47.0. The Kier molecular flexibility index (Phi) is 7.70. The summed E-state index contributed by atoms with van der Waals surface area (Å²) in [6, 6.07) is 0.956. The van der Waals surface area contributed by atoms with Gasteiger partial charge in [-0.1, -0.05) is 25.7 Å². The second kappa shape index (κ2) is 9.91. The summed E-state index contributed by atoms with van der Waals surface area (Å²) in [6.45, 7) is 7.98. The lowest BCUT2D eigenvalue weighted by atomic mass is 9.80. The Bertz CT molecular complexity index is 804. The van der Waals surface area contributed by atoms with Gasteiger partial charge in [0.1, 0.15) is 12.6 Å². The van der Waals surface area contributed by atoms with Gasteiger partial charge in [0, 0.05) is 45.3 Å². The molecule has 31 heavy (non-hydrogen) atoms. The van der Waals surface area contributed by atoms with Crippen LogP contribution in [0.1, 0.15) is 37.2 Å². The van der Waals surface area contributed by atoms with Crippen molar-refractivity contribution in [1.29, 1.82) is 0 Å². The monoisotopic (exact) mass is 457 g/mol. The summed E-state index contributed by atoms with van der Waals surface area (Å²) in [7, 11) is -1.27. The van der Waals surface area contributed by atoms with E-state index in [1.807, 2.05) is 12.2 Å². The number of nitrogens with zero attached hydrogens (tertiary/aromatic N) is 2. The van der Waals surface area contributed by atoms with Crippen molar-refractivity contribution in [3.05, 3.63) is 35.6 Å². The van der Waals surface area contributed by atoms with E-state index in [1.54, 1.807) is 0 Å². The van der Waals surface area contributed by atoms with Crippen LogP contribution in [0.3, 0.4) is 0 Å². The molecule has 1 aliphatic carbocycles. The van der Waals surface area contributed by atoms with Crippen molar-refractivity contribution in [2.45, 2.75) is 64.3 Å². The Hall–Kier alpha value is -1.58. The van der Waals surface area contributed by atoms with E-state index >= 15 is 0 Å². The molecule has 9 heteroatoms. The quantitative estimate of drug-likeness (QED) is 0.431. The van der Waals surface area contributed by atoms with Crippen molar-refractivity contribution in [3.8, 4) is 0 Å². The lowest BCUT2D eigenvalue weighted by Gasteiger charge is -2.31. The number of hydrogen-bond donors (Lipinski definition) is 2. The predicted octanol–water partition coefficient (Wildman–Crippen LogP) is 4.88. The molecule has 0 aromatic carbocycles. The third kappa shape index (κ3) is 6.70. The summed E-state index contributed by atoms with van der Waals surface area (Å²) in [6.07, 6.45) is 4.45. The van der Waals surface area contributed by atoms with Crippen LogP contribution in [0.25, 0.3) is 5.57 Å². The van der Waals surface area contributed by atoms with E-state index in [0.717, 1.165) is 49.2 Å². The van der Waals surface area contributed by atoms with Crippen LogP contribution in [0.5, 0.6) is 0 Å². The molecule has 1 saturated carbocycles.